The van der Waals surface area contributed by atoms with E-state index in [0.717, 1.165) is 44.6 Å². The van der Waals surface area contributed by atoms with Crippen LogP contribution >= 0.6 is 11.6 Å². The molecule has 33 heavy (non-hydrogen) atoms. The van der Waals surface area contributed by atoms with Gasteiger partial charge in [0, 0.05) is 32.9 Å². The summed E-state index contributed by atoms with van der Waals surface area (Å²) in [4.78, 5) is 2.24. The lowest BCUT2D eigenvalue weighted by atomic mass is 10.0. The molecule has 1 aromatic heterocycles. The number of benzene rings is 5. The molecule has 0 saturated heterocycles. The zero-order valence-corrected chi connectivity index (χ0v) is 18.5. The number of hydrogen-bond acceptors (Lipinski definition) is 2. The van der Waals surface area contributed by atoms with Crippen molar-refractivity contribution >= 4 is 50.6 Å². The van der Waals surface area contributed by atoms with Crippen LogP contribution in [-0.2, 0) is 0 Å². The molecule has 6 rings (SSSR count). The minimum Gasteiger partial charge on any atom is -0.456 e. The van der Waals surface area contributed by atoms with Crippen LogP contribution in [-0.4, -0.2) is 0 Å². The fourth-order valence-electron chi connectivity index (χ4n) is 4.37. The zero-order valence-electron chi connectivity index (χ0n) is 17.8. The molecule has 0 unspecified atom stereocenters. The van der Waals surface area contributed by atoms with Crippen molar-refractivity contribution < 1.29 is 4.42 Å². The van der Waals surface area contributed by atoms with Gasteiger partial charge in [-0.25, -0.2) is 0 Å². The molecule has 0 N–H and O–H groups in total. The van der Waals surface area contributed by atoms with Crippen molar-refractivity contribution in [1.29, 1.82) is 0 Å². The second-order valence-corrected chi connectivity index (χ2v) is 8.45. The molecule has 0 bridgehead atoms. The third-order valence-electron chi connectivity index (χ3n) is 5.90. The summed E-state index contributed by atoms with van der Waals surface area (Å²) >= 11 is 6.41. The molecule has 1 heterocycles. The molecule has 5 aromatic carbocycles. The first kappa shape index (κ1) is 19.7. The average Bonchev–Trinajstić information content (AvgIpc) is 3.23. The second-order valence-electron chi connectivity index (χ2n) is 8.01. The summed E-state index contributed by atoms with van der Waals surface area (Å²) in [6, 6.07) is 41.5. The van der Waals surface area contributed by atoms with Gasteiger partial charge in [0.2, 0.25) is 0 Å². The van der Waals surface area contributed by atoms with Crippen molar-refractivity contribution in [2.75, 3.05) is 4.90 Å². The summed E-state index contributed by atoms with van der Waals surface area (Å²) in [5, 5.41) is 2.90. The van der Waals surface area contributed by atoms with Crippen LogP contribution in [0, 0.1) is 0 Å². The maximum atomic E-state index is 6.41. The molecule has 0 aliphatic carbocycles. The molecule has 0 saturated carbocycles. The van der Waals surface area contributed by atoms with Crippen LogP contribution in [0.5, 0.6) is 0 Å². The van der Waals surface area contributed by atoms with Crippen LogP contribution in [0.3, 0.4) is 0 Å². The second kappa shape index (κ2) is 8.16. The van der Waals surface area contributed by atoms with Gasteiger partial charge < -0.3 is 9.32 Å². The number of para-hydroxylation sites is 1. The van der Waals surface area contributed by atoms with Gasteiger partial charge >= 0.3 is 0 Å². The Bertz CT molecular complexity index is 1590. The largest absolute Gasteiger partial charge is 0.456 e. The summed E-state index contributed by atoms with van der Waals surface area (Å²) in [7, 11) is 0. The van der Waals surface area contributed by atoms with E-state index in [1.807, 2.05) is 48.5 Å². The first-order chi connectivity index (χ1) is 16.3. The van der Waals surface area contributed by atoms with Crippen molar-refractivity contribution in [2.45, 2.75) is 0 Å². The Balaban J connectivity index is 1.56. The van der Waals surface area contributed by atoms with E-state index < -0.39 is 0 Å². The van der Waals surface area contributed by atoms with E-state index in [9.17, 15) is 0 Å². The monoisotopic (exact) mass is 445 g/mol. The predicted molar refractivity (Wildman–Crippen MR) is 139 cm³/mol. The number of hydrogen-bond donors (Lipinski definition) is 0. The Kier molecular flexibility index (Phi) is 4.86. The normalized spacial score (nSPS) is 11.2. The third kappa shape index (κ3) is 3.65. The van der Waals surface area contributed by atoms with Crippen molar-refractivity contribution in [3.8, 4) is 11.1 Å². The Hall–Kier alpha value is -4.01. The SMILES string of the molecule is Clc1cccc(N(c2cccc(-c3ccccc3)c2)c2ccc3oc4ccccc4c3c2)c1. The van der Waals surface area contributed by atoms with Gasteiger partial charge in [-0.3, -0.25) is 0 Å². The van der Waals surface area contributed by atoms with Crippen LogP contribution in [0.15, 0.2) is 126 Å². The van der Waals surface area contributed by atoms with E-state index in [-0.39, 0.29) is 0 Å². The lowest BCUT2D eigenvalue weighted by Crippen LogP contribution is -2.10. The van der Waals surface area contributed by atoms with Gasteiger partial charge in [0.15, 0.2) is 0 Å². The summed E-state index contributed by atoms with van der Waals surface area (Å²) < 4.78 is 6.06. The van der Waals surface area contributed by atoms with Gasteiger partial charge in [0.1, 0.15) is 11.2 Å². The summed E-state index contributed by atoms with van der Waals surface area (Å²) in [5.74, 6) is 0. The van der Waals surface area contributed by atoms with Crippen molar-refractivity contribution in [3.63, 3.8) is 0 Å². The Labute approximate surface area is 197 Å². The highest BCUT2D eigenvalue weighted by molar-refractivity contribution is 6.30. The maximum absolute atomic E-state index is 6.41. The molecule has 158 valence electrons. The smallest absolute Gasteiger partial charge is 0.135 e. The van der Waals surface area contributed by atoms with E-state index in [2.05, 4.69) is 77.7 Å². The van der Waals surface area contributed by atoms with Crippen LogP contribution in [0.1, 0.15) is 0 Å². The fourth-order valence-corrected chi connectivity index (χ4v) is 4.56. The lowest BCUT2D eigenvalue weighted by molar-refractivity contribution is 0.669. The maximum Gasteiger partial charge on any atom is 0.135 e. The molecule has 0 radical (unpaired) electrons. The standard InChI is InChI=1S/C30H20ClNO/c31-23-11-7-13-25(19-23)32(24-12-6-10-22(18-24)21-8-2-1-3-9-21)26-16-17-30-28(20-26)27-14-4-5-15-29(27)33-30/h1-20H. The highest BCUT2D eigenvalue weighted by Gasteiger charge is 2.16. The number of furan rings is 1. The van der Waals surface area contributed by atoms with Crippen molar-refractivity contribution in [3.05, 3.63) is 126 Å². The number of fused-ring (bicyclic) bond motifs is 3. The minimum absolute atomic E-state index is 0.701. The molecule has 3 heteroatoms. The highest BCUT2D eigenvalue weighted by Crippen LogP contribution is 2.40. The molecule has 0 fully saturated rings. The molecule has 2 nitrogen and oxygen atoms in total. The molecule has 0 spiro atoms. The summed E-state index contributed by atoms with van der Waals surface area (Å²) in [5.41, 5.74) is 7.22. The van der Waals surface area contributed by atoms with Gasteiger partial charge in [-0.15, -0.1) is 0 Å². The van der Waals surface area contributed by atoms with Gasteiger partial charge in [-0.2, -0.15) is 0 Å². The molecule has 0 amide bonds. The predicted octanol–water partition coefficient (Wildman–Crippen LogP) is 9.38. The van der Waals surface area contributed by atoms with Crippen molar-refractivity contribution in [1.82, 2.24) is 0 Å². The van der Waals surface area contributed by atoms with Crippen LogP contribution in [0.25, 0.3) is 33.1 Å². The highest BCUT2D eigenvalue weighted by atomic mass is 35.5. The number of anilines is 3. The molecule has 0 aliphatic rings. The van der Waals surface area contributed by atoms with Gasteiger partial charge in [-0.05, 0) is 65.7 Å². The lowest BCUT2D eigenvalue weighted by Gasteiger charge is -2.26. The fraction of sp³-hybridized carbons (Fsp3) is 0. The van der Waals surface area contributed by atoms with Crippen LogP contribution < -0.4 is 4.90 Å². The Morgan fingerprint density at radius 3 is 2.00 bits per heavy atom. The zero-order chi connectivity index (χ0) is 22.2. The molecule has 0 atom stereocenters. The Morgan fingerprint density at radius 1 is 0.485 bits per heavy atom. The molecular weight excluding hydrogens is 426 g/mol. The summed E-state index contributed by atoms with van der Waals surface area (Å²) in [6.45, 7) is 0. The minimum atomic E-state index is 0.701. The molecular formula is C30H20ClNO. The first-order valence-electron chi connectivity index (χ1n) is 10.9. The van der Waals surface area contributed by atoms with Crippen LogP contribution in [0.4, 0.5) is 17.1 Å². The third-order valence-corrected chi connectivity index (χ3v) is 6.13. The first-order valence-corrected chi connectivity index (χ1v) is 11.3. The number of nitrogens with zero attached hydrogens (tertiary/aromatic N) is 1. The van der Waals surface area contributed by atoms with Gasteiger partial charge in [0.05, 0.1) is 0 Å². The topological polar surface area (TPSA) is 16.4 Å². The average molecular weight is 446 g/mol. The van der Waals surface area contributed by atoms with Crippen molar-refractivity contribution in [2.24, 2.45) is 0 Å². The number of halogens is 1. The molecule has 0 aliphatic heterocycles. The summed E-state index contributed by atoms with van der Waals surface area (Å²) in [6.07, 6.45) is 0. The van der Waals surface area contributed by atoms with E-state index >= 15 is 0 Å². The van der Waals surface area contributed by atoms with E-state index in [1.165, 1.54) is 5.56 Å². The Morgan fingerprint density at radius 2 is 1.15 bits per heavy atom. The van der Waals surface area contributed by atoms with Crippen LogP contribution in [0.2, 0.25) is 5.02 Å². The van der Waals surface area contributed by atoms with Gasteiger partial charge in [-0.1, -0.05) is 78.3 Å². The molecule has 6 aromatic rings. The van der Waals surface area contributed by atoms with Gasteiger partial charge in [0.25, 0.3) is 0 Å². The van der Waals surface area contributed by atoms with E-state index in [4.69, 9.17) is 16.0 Å². The number of rotatable bonds is 4. The van der Waals surface area contributed by atoms with E-state index in [0.29, 0.717) is 5.02 Å². The quantitative estimate of drug-likeness (QED) is 0.268. The van der Waals surface area contributed by atoms with E-state index in [1.54, 1.807) is 0 Å².